The Morgan fingerprint density at radius 3 is 2.73 bits per heavy atom. The first-order valence-corrected chi connectivity index (χ1v) is 7.42. The van der Waals surface area contributed by atoms with Gasteiger partial charge in [0.2, 0.25) is 0 Å². The van der Waals surface area contributed by atoms with Crippen LogP contribution in [0.2, 0.25) is 0 Å². The van der Waals surface area contributed by atoms with Gasteiger partial charge in [-0.3, -0.25) is 0 Å². The lowest BCUT2D eigenvalue weighted by molar-refractivity contribution is -0.0881. The Kier molecular flexibility index (Phi) is 6.11. The van der Waals surface area contributed by atoms with Crippen LogP contribution in [0.1, 0.15) is 19.3 Å². The Labute approximate surface area is 128 Å². The molecule has 0 aliphatic carbocycles. The van der Waals surface area contributed by atoms with Crippen molar-refractivity contribution in [3.63, 3.8) is 0 Å². The molecule has 2 rings (SSSR count). The molecule has 1 aromatic carbocycles. The van der Waals surface area contributed by atoms with E-state index >= 15 is 0 Å². The molecule has 1 saturated heterocycles. The third-order valence-electron chi connectivity index (χ3n) is 3.70. The number of nitrogens with two attached hydrogens (primary N) is 1. The molecule has 0 unspecified atom stereocenters. The van der Waals surface area contributed by atoms with Crippen LogP contribution in [0.4, 0.5) is 14.9 Å². The zero-order valence-electron chi connectivity index (χ0n) is 12.3. The van der Waals surface area contributed by atoms with E-state index in [0.29, 0.717) is 18.7 Å². The van der Waals surface area contributed by atoms with Gasteiger partial charge in [0.1, 0.15) is 11.9 Å². The third kappa shape index (κ3) is 4.66. The molecule has 6 nitrogen and oxygen atoms in total. The van der Waals surface area contributed by atoms with E-state index < -0.39 is 12.1 Å². The molecular formula is C15H22FN3O3. The van der Waals surface area contributed by atoms with Crippen LogP contribution in [0.25, 0.3) is 0 Å². The van der Waals surface area contributed by atoms with Gasteiger partial charge in [-0.1, -0.05) is 0 Å². The van der Waals surface area contributed by atoms with Crippen LogP contribution in [0.15, 0.2) is 24.3 Å². The lowest BCUT2D eigenvalue weighted by atomic mass is 9.97. The molecule has 1 aliphatic heterocycles. The summed E-state index contributed by atoms with van der Waals surface area (Å²) in [6, 6.07) is 4.83. The first-order chi connectivity index (χ1) is 10.6. The maximum atomic E-state index is 12.8. The van der Waals surface area contributed by atoms with E-state index in [1.807, 2.05) is 0 Å². The average Bonchev–Trinajstić information content (AvgIpc) is 2.51. The predicted molar refractivity (Wildman–Crippen MR) is 81.0 cm³/mol. The number of carbonyl (C=O) groups is 1. The van der Waals surface area contributed by atoms with E-state index in [-0.39, 0.29) is 24.6 Å². The molecule has 2 amide bonds. The first kappa shape index (κ1) is 16.7. The molecule has 0 saturated carbocycles. The molecule has 1 fully saturated rings. The van der Waals surface area contributed by atoms with E-state index in [2.05, 4.69) is 10.6 Å². The highest BCUT2D eigenvalue weighted by Crippen LogP contribution is 2.21. The van der Waals surface area contributed by atoms with E-state index in [0.717, 1.165) is 12.8 Å². The van der Waals surface area contributed by atoms with Gasteiger partial charge < -0.3 is 26.2 Å². The minimum Gasteiger partial charge on any atom is -0.394 e. The average molecular weight is 311 g/mol. The normalized spacial score (nSPS) is 24.8. The van der Waals surface area contributed by atoms with Crippen LogP contribution in [0.5, 0.6) is 0 Å². The summed E-state index contributed by atoms with van der Waals surface area (Å²) < 4.78 is 18.5. The van der Waals surface area contributed by atoms with Gasteiger partial charge in [0.05, 0.1) is 18.8 Å². The van der Waals surface area contributed by atoms with Crippen molar-refractivity contribution in [2.75, 3.05) is 18.5 Å². The Bertz CT molecular complexity index is 483. The van der Waals surface area contributed by atoms with Crippen LogP contribution < -0.4 is 16.4 Å². The van der Waals surface area contributed by atoms with E-state index in [9.17, 15) is 14.3 Å². The van der Waals surface area contributed by atoms with Crippen LogP contribution in [-0.4, -0.2) is 42.5 Å². The van der Waals surface area contributed by atoms with Crippen molar-refractivity contribution >= 4 is 11.7 Å². The largest absolute Gasteiger partial charge is 0.394 e. The second-order valence-electron chi connectivity index (χ2n) is 5.35. The second kappa shape index (κ2) is 8.07. The minimum atomic E-state index is -0.440. The molecule has 0 spiro atoms. The summed E-state index contributed by atoms with van der Waals surface area (Å²) in [5, 5.41) is 14.8. The summed E-state index contributed by atoms with van der Waals surface area (Å²) >= 11 is 0. The SMILES string of the molecule is NCC[C@@H]1CC[C@@H](NC(=O)Nc2ccc(F)cc2)[C@@H](CO)O1. The number of rotatable bonds is 5. The Hall–Kier alpha value is -1.70. The second-order valence-corrected chi connectivity index (χ2v) is 5.35. The molecule has 0 radical (unpaired) electrons. The molecule has 0 aromatic heterocycles. The van der Waals surface area contributed by atoms with Gasteiger partial charge >= 0.3 is 6.03 Å². The van der Waals surface area contributed by atoms with E-state index in [1.54, 1.807) is 0 Å². The minimum absolute atomic E-state index is 0.0281. The predicted octanol–water partition coefficient (Wildman–Crippen LogP) is 1.20. The number of benzene rings is 1. The number of nitrogens with one attached hydrogen (secondary N) is 2. The zero-order valence-corrected chi connectivity index (χ0v) is 12.3. The molecule has 3 atom stereocenters. The molecule has 22 heavy (non-hydrogen) atoms. The van der Waals surface area contributed by atoms with Crippen molar-refractivity contribution in [1.82, 2.24) is 5.32 Å². The molecule has 1 aromatic rings. The number of aliphatic hydroxyl groups is 1. The number of hydrogen-bond donors (Lipinski definition) is 4. The fourth-order valence-electron chi connectivity index (χ4n) is 2.56. The number of amides is 2. The van der Waals surface area contributed by atoms with Crippen molar-refractivity contribution in [3.05, 3.63) is 30.1 Å². The Balaban J connectivity index is 1.86. The van der Waals surface area contributed by atoms with E-state index in [4.69, 9.17) is 10.5 Å². The number of carbonyl (C=O) groups excluding carboxylic acids is 1. The number of halogens is 1. The van der Waals surface area contributed by atoms with Crippen LogP contribution in [-0.2, 0) is 4.74 Å². The monoisotopic (exact) mass is 311 g/mol. The fourth-order valence-corrected chi connectivity index (χ4v) is 2.56. The number of urea groups is 1. The first-order valence-electron chi connectivity index (χ1n) is 7.42. The number of anilines is 1. The van der Waals surface area contributed by atoms with Crippen molar-refractivity contribution in [2.24, 2.45) is 5.73 Å². The summed E-state index contributed by atoms with van der Waals surface area (Å²) in [7, 11) is 0. The topological polar surface area (TPSA) is 96.6 Å². The van der Waals surface area contributed by atoms with Crippen molar-refractivity contribution < 1.29 is 19.0 Å². The van der Waals surface area contributed by atoms with Gasteiger partial charge in [-0.15, -0.1) is 0 Å². The summed E-state index contributed by atoms with van der Waals surface area (Å²) in [6.07, 6.45) is 1.83. The summed E-state index contributed by atoms with van der Waals surface area (Å²) in [6.45, 7) is 0.370. The molecular weight excluding hydrogens is 289 g/mol. The molecule has 7 heteroatoms. The Morgan fingerprint density at radius 2 is 2.09 bits per heavy atom. The van der Waals surface area contributed by atoms with Gasteiger partial charge in [-0.2, -0.15) is 0 Å². The van der Waals surface area contributed by atoms with Gasteiger partial charge in [0.25, 0.3) is 0 Å². The standard InChI is InChI=1S/C15H22FN3O3/c16-10-1-3-11(4-2-10)18-15(21)19-13-6-5-12(7-8-17)22-14(13)9-20/h1-4,12-14,20H,5-9,17H2,(H2,18,19,21)/t12-,13+,14+/m0/s1. The molecule has 1 heterocycles. The summed E-state index contributed by atoms with van der Waals surface area (Å²) in [4.78, 5) is 12.0. The van der Waals surface area contributed by atoms with E-state index in [1.165, 1.54) is 24.3 Å². The highest BCUT2D eigenvalue weighted by Gasteiger charge is 2.31. The van der Waals surface area contributed by atoms with Crippen LogP contribution in [0.3, 0.4) is 0 Å². The Morgan fingerprint density at radius 1 is 1.36 bits per heavy atom. The quantitative estimate of drug-likeness (QED) is 0.657. The number of ether oxygens (including phenoxy) is 1. The molecule has 1 aliphatic rings. The lowest BCUT2D eigenvalue weighted by Gasteiger charge is -2.36. The van der Waals surface area contributed by atoms with Crippen molar-refractivity contribution in [2.45, 2.75) is 37.5 Å². The molecule has 122 valence electrons. The molecule has 0 bridgehead atoms. The highest BCUT2D eigenvalue weighted by molar-refractivity contribution is 5.89. The number of aliphatic hydroxyl groups excluding tert-OH is 1. The van der Waals surface area contributed by atoms with Crippen LogP contribution >= 0.6 is 0 Å². The van der Waals surface area contributed by atoms with Crippen molar-refractivity contribution in [1.29, 1.82) is 0 Å². The van der Waals surface area contributed by atoms with Crippen molar-refractivity contribution in [3.8, 4) is 0 Å². The maximum Gasteiger partial charge on any atom is 0.319 e. The summed E-state index contributed by atoms with van der Waals surface area (Å²) in [5.41, 5.74) is 6.01. The third-order valence-corrected chi connectivity index (χ3v) is 3.70. The fraction of sp³-hybridized carbons (Fsp3) is 0.533. The van der Waals surface area contributed by atoms with Gasteiger partial charge in [0.15, 0.2) is 0 Å². The zero-order chi connectivity index (χ0) is 15.9. The lowest BCUT2D eigenvalue weighted by Crippen LogP contribution is -2.52. The highest BCUT2D eigenvalue weighted by atomic mass is 19.1. The smallest absolute Gasteiger partial charge is 0.319 e. The van der Waals surface area contributed by atoms with Gasteiger partial charge in [-0.25, -0.2) is 9.18 Å². The van der Waals surface area contributed by atoms with Crippen LogP contribution in [0, 0.1) is 5.82 Å². The maximum absolute atomic E-state index is 12.8. The summed E-state index contributed by atoms with van der Waals surface area (Å²) in [5.74, 6) is -0.363. The number of hydrogen-bond acceptors (Lipinski definition) is 4. The molecule has 5 N–H and O–H groups in total. The van der Waals surface area contributed by atoms with Gasteiger partial charge in [-0.05, 0) is 50.1 Å². The van der Waals surface area contributed by atoms with Gasteiger partial charge in [0, 0.05) is 5.69 Å².